The summed E-state index contributed by atoms with van der Waals surface area (Å²) in [6, 6.07) is 2.81. The number of hydrogen-bond acceptors (Lipinski definition) is 3. The van der Waals surface area contributed by atoms with Gasteiger partial charge in [0.15, 0.2) is 0 Å². The van der Waals surface area contributed by atoms with E-state index in [9.17, 15) is 17.6 Å². The van der Waals surface area contributed by atoms with Crippen molar-refractivity contribution in [1.82, 2.24) is 10.2 Å². The summed E-state index contributed by atoms with van der Waals surface area (Å²) >= 11 is 0. The number of benzene rings is 1. The second-order valence-electron chi connectivity index (χ2n) is 5.13. The van der Waals surface area contributed by atoms with Gasteiger partial charge in [0.05, 0.1) is 24.3 Å². The summed E-state index contributed by atoms with van der Waals surface area (Å²) < 4.78 is 57.6. The Morgan fingerprint density at radius 1 is 1.38 bits per heavy atom. The SMILES string of the molecule is CNCC1OCCN(C)C1c1ccc(F)c(C(F)(F)F)c1. The van der Waals surface area contributed by atoms with E-state index in [1.165, 1.54) is 6.07 Å². The lowest BCUT2D eigenvalue weighted by atomic mass is 9.96. The Labute approximate surface area is 120 Å². The van der Waals surface area contributed by atoms with Gasteiger partial charge >= 0.3 is 6.18 Å². The Morgan fingerprint density at radius 3 is 2.71 bits per heavy atom. The summed E-state index contributed by atoms with van der Waals surface area (Å²) in [6.45, 7) is 1.64. The third-order valence-corrected chi connectivity index (χ3v) is 3.65. The summed E-state index contributed by atoms with van der Waals surface area (Å²) in [5, 5.41) is 2.97. The Hall–Kier alpha value is -1.18. The lowest BCUT2D eigenvalue weighted by Gasteiger charge is -2.39. The van der Waals surface area contributed by atoms with Gasteiger partial charge in [0.2, 0.25) is 0 Å². The zero-order valence-electron chi connectivity index (χ0n) is 11.9. The van der Waals surface area contributed by atoms with Crippen LogP contribution in [-0.2, 0) is 10.9 Å². The van der Waals surface area contributed by atoms with Crippen molar-refractivity contribution in [2.24, 2.45) is 0 Å². The molecule has 1 fully saturated rings. The summed E-state index contributed by atoms with van der Waals surface area (Å²) in [6.07, 6.45) is -4.98. The zero-order chi connectivity index (χ0) is 15.6. The standard InChI is InChI=1S/C14H18F4N2O/c1-19-8-12-13(20(2)5-6-21-12)9-3-4-11(15)10(7-9)14(16,17)18/h3-4,7,12-13,19H,5-6,8H2,1-2H3. The van der Waals surface area contributed by atoms with Crippen molar-refractivity contribution in [2.45, 2.75) is 18.3 Å². The maximum Gasteiger partial charge on any atom is 0.419 e. The molecular weight excluding hydrogens is 288 g/mol. The van der Waals surface area contributed by atoms with Gasteiger partial charge in [0, 0.05) is 13.1 Å². The van der Waals surface area contributed by atoms with Gasteiger partial charge in [-0.2, -0.15) is 13.2 Å². The number of nitrogens with one attached hydrogen (secondary N) is 1. The molecule has 1 heterocycles. The largest absolute Gasteiger partial charge is 0.419 e. The predicted molar refractivity (Wildman–Crippen MR) is 70.4 cm³/mol. The van der Waals surface area contributed by atoms with Gasteiger partial charge in [-0.1, -0.05) is 6.07 Å². The topological polar surface area (TPSA) is 24.5 Å². The quantitative estimate of drug-likeness (QED) is 0.868. The average molecular weight is 306 g/mol. The number of halogens is 4. The second kappa shape index (κ2) is 6.29. The molecule has 0 radical (unpaired) electrons. The molecule has 1 aromatic carbocycles. The molecule has 7 heteroatoms. The third kappa shape index (κ3) is 3.53. The first-order valence-electron chi connectivity index (χ1n) is 6.67. The highest BCUT2D eigenvalue weighted by molar-refractivity contribution is 5.30. The molecule has 1 aliphatic heterocycles. The van der Waals surface area contributed by atoms with Crippen LogP contribution in [0.1, 0.15) is 17.2 Å². The molecule has 2 rings (SSSR count). The van der Waals surface area contributed by atoms with Crippen molar-refractivity contribution < 1.29 is 22.3 Å². The van der Waals surface area contributed by atoms with E-state index >= 15 is 0 Å². The first-order valence-corrected chi connectivity index (χ1v) is 6.67. The van der Waals surface area contributed by atoms with Crippen LogP contribution in [0, 0.1) is 5.82 Å². The van der Waals surface area contributed by atoms with Crippen molar-refractivity contribution in [2.75, 3.05) is 33.8 Å². The van der Waals surface area contributed by atoms with Gasteiger partial charge in [-0.15, -0.1) is 0 Å². The summed E-state index contributed by atoms with van der Waals surface area (Å²) in [5.41, 5.74) is -0.826. The first-order chi connectivity index (χ1) is 9.84. The average Bonchev–Trinajstić information content (AvgIpc) is 2.39. The zero-order valence-corrected chi connectivity index (χ0v) is 11.9. The van der Waals surface area contributed by atoms with E-state index in [0.29, 0.717) is 25.3 Å². The second-order valence-corrected chi connectivity index (χ2v) is 5.13. The Bertz CT molecular complexity index is 490. The molecule has 3 nitrogen and oxygen atoms in total. The molecule has 2 unspecified atom stereocenters. The number of likely N-dealkylation sites (N-methyl/N-ethyl adjacent to an activating group) is 2. The number of rotatable bonds is 3. The number of ether oxygens (including phenoxy) is 1. The van der Waals surface area contributed by atoms with E-state index in [1.54, 1.807) is 7.05 Å². The molecule has 1 aliphatic rings. The Morgan fingerprint density at radius 2 is 2.10 bits per heavy atom. The van der Waals surface area contributed by atoms with Gasteiger partial charge in [-0.3, -0.25) is 4.90 Å². The molecule has 1 aromatic rings. The molecule has 0 aliphatic carbocycles. The van der Waals surface area contributed by atoms with Crippen LogP contribution in [0.2, 0.25) is 0 Å². The lowest BCUT2D eigenvalue weighted by Crippen LogP contribution is -2.47. The van der Waals surface area contributed by atoms with Crippen LogP contribution in [0.4, 0.5) is 17.6 Å². The first kappa shape index (κ1) is 16.2. The summed E-state index contributed by atoms with van der Waals surface area (Å²) in [7, 11) is 3.58. The highest BCUT2D eigenvalue weighted by atomic mass is 19.4. The minimum Gasteiger partial charge on any atom is -0.374 e. The molecule has 0 saturated carbocycles. The summed E-state index contributed by atoms with van der Waals surface area (Å²) in [5.74, 6) is -1.25. The van der Waals surface area contributed by atoms with Gasteiger partial charge < -0.3 is 10.1 Å². The van der Waals surface area contributed by atoms with Crippen LogP contribution in [0.15, 0.2) is 18.2 Å². The highest BCUT2D eigenvalue weighted by Gasteiger charge is 2.37. The Balaban J connectivity index is 2.38. The van der Waals surface area contributed by atoms with E-state index in [2.05, 4.69) is 5.32 Å². The van der Waals surface area contributed by atoms with Crippen LogP contribution in [-0.4, -0.2) is 44.8 Å². The Kier molecular flexibility index (Phi) is 4.85. The fraction of sp³-hybridized carbons (Fsp3) is 0.571. The third-order valence-electron chi connectivity index (χ3n) is 3.65. The number of hydrogen-bond donors (Lipinski definition) is 1. The van der Waals surface area contributed by atoms with Gasteiger partial charge in [-0.05, 0) is 31.8 Å². The molecule has 21 heavy (non-hydrogen) atoms. The smallest absolute Gasteiger partial charge is 0.374 e. The van der Waals surface area contributed by atoms with E-state index < -0.39 is 17.6 Å². The molecule has 2 atom stereocenters. The number of alkyl halides is 3. The normalized spacial score (nSPS) is 24.3. The maximum absolute atomic E-state index is 13.4. The minimum atomic E-state index is -4.70. The monoisotopic (exact) mass is 306 g/mol. The van der Waals surface area contributed by atoms with E-state index in [1.807, 2.05) is 11.9 Å². The highest BCUT2D eigenvalue weighted by Crippen LogP contribution is 2.35. The number of morpholine rings is 1. The molecule has 0 bridgehead atoms. The summed E-state index contributed by atoms with van der Waals surface area (Å²) in [4.78, 5) is 1.93. The molecule has 0 spiro atoms. The fourth-order valence-corrected chi connectivity index (χ4v) is 2.65. The van der Waals surface area contributed by atoms with Crippen molar-refractivity contribution in [1.29, 1.82) is 0 Å². The molecule has 118 valence electrons. The van der Waals surface area contributed by atoms with Crippen LogP contribution in [0.25, 0.3) is 0 Å². The predicted octanol–water partition coefficient (Wildman–Crippen LogP) is 2.44. The van der Waals surface area contributed by atoms with Crippen LogP contribution in [0.3, 0.4) is 0 Å². The van der Waals surface area contributed by atoms with Crippen LogP contribution in [0.5, 0.6) is 0 Å². The number of nitrogens with zero attached hydrogens (tertiary/aromatic N) is 1. The minimum absolute atomic E-state index is 0.278. The van der Waals surface area contributed by atoms with E-state index in [-0.39, 0.29) is 12.1 Å². The van der Waals surface area contributed by atoms with Gasteiger partial charge in [0.25, 0.3) is 0 Å². The maximum atomic E-state index is 13.4. The molecule has 1 N–H and O–H groups in total. The van der Waals surface area contributed by atoms with Gasteiger partial charge in [-0.25, -0.2) is 4.39 Å². The van der Waals surface area contributed by atoms with Crippen molar-refractivity contribution >= 4 is 0 Å². The molecule has 0 aromatic heterocycles. The van der Waals surface area contributed by atoms with Gasteiger partial charge in [0.1, 0.15) is 5.82 Å². The molecular formula is C14H18F4N2O. The van der Waals surface area contributed by atoms with Crippen molar-refractivity contribution in [3.63, 3.8) is 0 Å². The van der Waals surface area contributed by atoms with Crippen molar-refractivity contribution in [3.05, 3.63) is 35.1 Å². The van der Waals surface area contributed by atoms with Crippen LogP contribution < -0.4 is 5.32 Å². The van der Waals surface area contributed by atoms with Crippen LogP contribution >= 0.6 is 0 Å². The van der Waals surface area contributed by atoms with E-state index in [4.69, 9.17) is 4.74 Å². The lowest BCUT2D eigenvalue weighted by molar-refractivity contribution is -0.140. The fourth-order valence-electron chi connectivity index (χ4n) is 2.65. The molecule has 0 amide bonds. The molecule has 1 saturated heterocycles. The van der Waals surface area contributed by atoms with E-state index in [0.717, 1.165) is 12.1 Å². The van der Waals surface area contributed by atoms with Crippen molar-refractivity contribution in [3.8, 4) is 0 Å².